The van der Waals surface area contributed by atoms with Gasteiger partial charge < -0.3 is 9.15 Å². The number of benzene rings is 1. The monoisotopic (exact) mass is 282 g/mol. The lowest BCUT2D eigenvalue weighted by Gasteiger charge is -2.32. The third kappa shape index (κ3) is 2.92. The third-order valence-corrected chi connectivity index (χ3v) is 3.40. The van der Waals surface area contributed by atoms with Gasteiger partial charge in [0.25, 0.3) is 0 Å². The first-order valence-electron chi connectivity index (χ1n) is 6.27. The van der Waals surface area contributed by atoms with Crippen LogP contribution in [0, 0.1) is 0 Å². The molecule has 0 saturated carbocycles. The molecule has 0 amide bonds. The van der Waals surface area contributed by atoms with Crippen molar-refractivity contribution in [3.63, 3.8) is 0 Å². The normalized spacial score (nSPS) is 13.9. The zero-order valence-electron chi connectivity index (χ0n) is 11.4. The van der Waals surface area contributed by atoms with E-state index in [0.29, 0.717) is 11.6 Å². The van der Waals surface area contributed by atoms with E-state index in [0.717, 1.165) is 16.7 Å². The first-order valence-corrected chi connectivity index (χ1v) is 6.65. The summed E-state index contributed by atoms with van der Waals surface area (Å²) in [5.41, 5.74) is 3.08. The van der Waals surface area contributed by atoms with Crippen molar-refractivity contribution in [3.8, 4) is 0 Å². The highest BCUT2D eigenvalue weighted by Crippen LogP contribution is 2.33. The van der Waals surface area contributed by atoms with Crippen molar-refractivity contribution in [1.29, 1.82) is 0 Å². The average molecular weight is 283 g/mol. The molecule has 0 aliphatic rings. The number of hydrogen-bond donors (Lipinski definition) is 2. The molecule has 1 aromatic heterocycles. The number of fused-ring (bicyclic) bond motifs is 1. The molecule has 1 atom stereocenters. The van der Waals surface area contributed by atoms with Gasteiger partial charge in [0.15, 0.2) is 0 Å². The van der Waals surface area contributed by atoms with E-state index in [-0.39, 0.29) is 6.04 Å². The minimum Gasteiger partial charge on any atom is -0.459 e. The Morgan fingerprint density at radius 1 is 1.42 bits per heavy atom. The smallest absolute Gasteiger partial charge is 0.134 e. The van der Waals surface area contributed by atoms with Crippen LogP contribution in [-0.4, -0.2) is 12.2 Å². The molecule has 3 N–H and O–H groups in total. The first kappa shape index (κ1) is 14.3. The molecule has 1 unspecified atom stereocenters. The van der Waals surface area contributed by atoms with Crippen LogP contribution >= 0.6 is 11.6 Å². The number of nitrogens with one attached hydrogen (secondary N) is 1. The Bertz CT molecular complexity index is 566. The zero-order chi connectivity index (χ0) is 14.0. The second-order valence-corrected chi connectivity index (χ2v) is 5.40. The maximum atomic E-state index is 5.97. The molecule has 0 fully saturated rings. The van der Waals surface area contributed by atoms with E-state index in [4.69, 9.17) is 26.6 Å². The molecule has 0 aliphatic heterocycles. The molecule has 19 heavy (non-hydrogen) atoms. The molecule has 0 aliphatic carbocycles. The number of hydrazine groups is 1. The first-order chi connectivity index (χ1) is 8.97. The van der Waals surface area contributed by atoms with Gasteiger partial charge in [-0.25, -0.2) is 5.43 Å². The summed E-state index contributed by atoms with van der Waals surface area (Å²) in [4.78, 5) is 0. The van der Waals surface area contributed by atoms with Crippen LogP contribution in [0.1, 0.15) is 32.6 Å². The van der Waals surface area contributed by atoms with Gasteiger partial charge in [-0.1, -0.05) is 11.6 Å². The lowest BCUT2D eigenvalue weighted by molar-refractivity contribution is -0.0437. The Labute approximate surface area is 117 Å². The van der Waals surface area contributed by atoms with Crippen molar-refractivity contribution in [2.45, 2.75) is 32.4 Å². The van der Waals surface area contributed by atoms with Crippen molar-refractivity contribution in [2.24, 2.45) is 5.84 Å². The quantitative estimate of drug-likeness (QED) is 0.652. The molecule has 2 aromatic rings. The largest absolute Gasteiger partial charge is 0.459 e. The maximum absolute atomic E-state index is 5.97. The summed E-state index contributed by atoms with van der Waals surface area (Å²) in [6, 6.07) is 7.22. The number of halogens is 1. The highest BCUT2D eigenvalue weighted by Gasteiger charge is 2.33. The minimum absolute atomic E-state index is 0.237. The van der Waals surface area contributed by atoms with E-state index < -0.39 is 5.60 Å². The number of ether oxygens (including phenoxy) is 1. The Kier molecular flexibility index (Phi) is 4.16. The Hall–Kier alpha value is -1.07. The van der Waals surface area contributed by atoms with Crippen LogP contribution in [0.25, 0.3) is 11.0 Å². The van der Waals surface area contributed by atoms with Gasteiger partial charge in [0.1, 0.15) is 17.4 Å². The van der Waals surface area contributed by atoms with E-state index in [2.05, 4.69) is 5.43 Å². The molecule has 1 aromatic carbocycles. The molecule has 1 heterocycles. The molecule has 0 bridgehead atoms. The lowest BCUT2D eigenvalue weighted by Crippen LogP contribution is -2.44. The van der Waals surface area contributed by atoms with Crippen molar-refractivity contribution in [1.82, 2.24) is 5.43 Å². The Balaban J connectivity index is 2.40. The fourth-order valence-electron chi connectivity index (χ4n) is 2.26. The highest BCUT2D eigenvalue weighted by atomic mass is 35.5. The van der Waals surface area contributed by atoms with Gasteiger partial charge in [0, 0.05) is 17.0 Å². The standard InChI is InChI=1S/C14H19ClN2O2/c1-4-18-14(2,3)13(17-16)12-8-9-7-10(15)5-6-11(9)19-12/h5-8,13,17H,4,16H2,1-3H3. The summed E-state index contributed by atoms with van der Waals surface area (Å²) in [6.45, 7) is 6.51. The lowest BCUT2D eigenvalue weighted by atomic mass is 9.96. The summed E-state index contributed by atoms with van der Waals surface area (Å²) in [7, 11) is 0. The molecule has 4 nitrogen and oxygen atoms in total. The van der Waals surface area contributed by atoms with Crippen LogP contribution < -0.4 is 11.3 Å². The van der Waals surface area contributed by atoms with E-state index in [1.54, 1.807) is 6.07 Å². The van der Waals surface area contributed by atoms with Crippen molar-refractivity contribution in [2.75, 3.05) is 6.61 Å². The van der Waals surface area contributed by atoms with Crippen molar-refractivity contribution >= 4 is 22.6 Å². The van der Waals surface area contributed by atoms with Crippen molar-refractivity contribution in [3.05, 3.63) is 35.0 Å². The van der Waals surface area contributed by atoms with Crippen LogP contribution in [0.4, 0.5) is 0 Å². The summed E-state index contributed by atoms with van der Waals surface area (Å²) >= 11 is 5.97. The molecule has 5 heteroatoms. The average Bonchev–Trinajstić information content (AvgIpc) is 2.71. The summed E-state index contributed by atoms with van der Waals surface area (Å²) < 4.78 is 11.6. The number of nitrogens with two attached hydrogens (primary N) is 1. The van der Waals surface area contributed by atoms with Crippen LogP contribution in [0.5, 0.6) is 0 Å². The highest BCUT2D eigenvalue weighted by molar-refractivity contribution is 6.31. The second kappa shape index (κ2) is 5.51. The van der Waals surface area contributed by atoms with E-state index in [9.17, 15) is 0 Å². The van der Waals surface area contributed by atoms with Crippen LogP contribution in [0.15, 0.2) is 28.7 Å². The SMILES string of the molecule is CCOC(C)(C)C(NN)c1cc2cc(Cl)ccc2o1. The minimum atomic E-state index is -0.471. The van der Waals surface area contributed by atoms with Gasteiger partial charge in [-0.05, 0) is 45.0 Å². The number of hydrogen-bond acceptors (Lipinski definition) is 4. The van der Waals surface area contributed by atoms with Crippen LogP contribution in [-0.2, 0) is 4.74 Å². The fourth-order valence-corrected chi connectivity index (χ4v) is 2.44. The zero-order valence-corrected chi connectivity index (χ0v) is 12.1. The van der Waals surface area contributed by atoms with E-state index in [1.165, 1.54) is 0 Å². The molecule has 0 saturated heterocycles. The third-order valence-electron chi connectivity index (χ3n) is 3.16. The predicted molar refractivity (Wildman–Crippen MR) is 77.0 cm³/mol. The van der Waals surface area contributed by atoms with Crippen LogP contribution in [0.3, 0.4) is 0 Å². The van der Waals surface area contributed by atoms with E-state index in [1.807, 2.05) is 39.0 Å². The summed E-state index contributed by atoms with van der Waals surface area (Å²) in [5.74, 6) is 6.39. The van der Waals surface area contributed by atoms with E-state index >= 15 is 0 Å². The van der Waals surface area contributed by atoms with Gasteiger partial charge in [-0.2, -0.15) is 0 Å². The maximum Gasteiger partial charge on any atom is 0.134 e. The molecular formula is C14H19ClN2O2. The summed E-state index contributed by atoms with van der Waals surface area (Å²) in [5, 5.41) is 1.64. The summed E-state index contributed by atoms with van der Waals surface area (Å²) in [6.07, 6.45) is 0. The second-order valence-electron chi connectivity index (χ2n) is 4.97. The van der Waals surface area contributed by atoms with Gasteiger partial charge >= 0.3 is 0 Å². The van der Waals surface area contributed by atoms with Gasteiger partial charge in [0.2, 0.25) is 0 Å². The topological polar surface area (TPSA) is 60.4 Å². The molecule has 0 spiro atoms. The Morgan fingerprint density at radius 2 is 2.16 bits per heavy atom. The van der Waals surface area contributed by atoms with Crippen LogP contribution in [0.2, 0.25) is 5.02 Å². The van der Waals surface area contributed by atoms with Gasteiger partial charge in [-0.15, -0.1) is 0 Å². The van der Waals surface area contributed by atoms with Gasteiger partial charge in [-0.3, -0.25) is 5.84 Å². The fraction of sp³-hybridized carbons (Fsp3) is 0.429. The molecule has 0 radical (unpaired) electrons. The van der Waals surface area contributed by atoms with Crippen molar-refractivity contribution < 1.29 is 9.15 Å². The molecule has 2 rings (SSSR count). The molecular weight excluding hydrogens is 264 g/mol. The van der Waals surface area contributed by atoms with Gasteiger partial charge in [0.05, 0.1) is 5.60 Å². The Morgan fingerprint density at radius 3 is 2.79 bits per heavy atom. The molecule has 104 valence electrons. The number of rotatable bonds is 5. The predicted octanol–water partition coefficient (Wildman–Crippen LogP) is 3.41. The number of furan rings is 1.